The number of aromatic nitrogens is 5. The van der Waals surface area contributed by atoms with Crippen LogP contribution in [-0.2, 0) is 0 Å². The van der Waals surface area contributed by atoms with Crippen LogP contribution in [-0.4, -0.2) is 48.1 Å². The molecule has 1 atom stereocenters. The molecule has 0 bridgehead atoms. The first-order chi connectivity index (χ1) is 13.2. The number of carbonyl (C=O) groups is 1. The molecule has 7 nitrogen and oxygen atoms in total. The number of fused-ring (bicyclic) bond motifs is 2. The molecule has 0 spiro atoms. The molecule has 0 saturated carbocycles. The summed E-state index contributed by atoms with van der Waals surface area (Å²) in [6.07, 6.45) is 7.50. The maximum atomic E-state index is 13.2. The molecule has 1 amide bonds. The molecular weight excluding hydrogens is 340 g/mol. The van der Waals surface area contributed by atoms with Crippen molar-refractivity contribution in [3.05, 3.63) is 65.9 Å². The molecule has 1 aliphatic rings. The summed E-state index contributed by atoms with van der Waals surface area (Å²) in [5.41, 5.74) is 3.45. The third kappa shape index (κ3) is 2.58. The molecule has 7 heteroatoms. The molecule has 4 aromatic rings. The summed E-state index contributed by atoms with van der Waals surface area (Å²) in [5, 5.41) is 13.0. The third-order valence-corrected chi connectivity index (χ3v) is 5.39. The minimum atomic E-state index is 0.0396. The van der Waals surface area contributed by atoms with E-state index in [9.17, 15) is 4.79 Å². The lowest BCUT2D eigenvalue weighted by Gasteiger charge is -2.31. The number of likely N-dealkylation sites (tertiary alicyclic amines) is 1. The quantitative estimate of drug-likeness (QED) is 0.551. The zero-order valence-corrected chi connectivity index (χ0v) is 15.1. The first-order valence-corrected chi connectivity index (χ1v) is 9.24. The van der Waals surface area contributed by atoms with Gasteiger partial charge in [-0.2, -0.15) is 5.10 Å². The highest BCUT2D eigenvalue weighted by molar-refractivity contribution is 6.01. The van der Waals surface area contributed by atoms with E-state index < -0.39 is 0 Å². The van der Waals surface area contributed by atoms with E-state index in [1.165, 1.54) is 0 Å². The third-order valence-electron chi connectivity index (χ3n) is 5.39. The largest absolute Gasteiger partial charge is 0.338 e. The minimum Gasteiger partial charge on any atom is -0.338 e. The second kappa shape index (κ2) is 6.19. The Morgan fingerprint density at radius 1 is 1.15 bits per heavy atom. The first-order valence-electron chi connectivity index (χ1n) is 9.24. The molecular formula is C20H20N6O. The average molecular weight is 360 g/mol. The molecule has 136 valence electrons. The lowest BCUT2D eigenvalue weighted by atomic mass is 9.96. The standard InChI is InChI=1S/C20H20N6O/c1-14-6-4-11-26-18(14)16(12-21-26)20(27)24-9-5-7-15(13-24)19-23-22-17-8-2-3-10-25(17)19/h2-4,6,8,10-12,15H,5,7,9,13H2,1H3. The van der Waals surface area contributed by atoms with Gasteiger partial charge in [0.25, 0.3) is 5.91 Å². The Hall–Kier alpha value is -3.22. The maximum Gasteiger partial charge on any atom is 0.257 e. The van der Waals surface area contributed by atoms with Crippen molar-refractivity contribution in [1.29, 1.82) is 0 Å². The molecule has 1 unspecified atom stereocenters. The molecule has 1 saturated heterocycles. The molecule has 0 N–H and O–H groups in total. The van der Waals surface area contributed by atoms with Crippen LogP contribution < -0.4 is 0 Å². The van der Waals surface area contributed by atoms with E-state index in [0.717, 1.165) is 41.9 Å². The van der Waals surface area contributed by atoms with Crippen LogP contribution in [0.1, 0.15) is 40.5 Å². The van der Waals surface area contributed by atoms with Crippen LogP contribution in [0, 0.1) is 6.92 Å². The SMILES string of the molecule is Cc1cccn2ncc(C(=O)N3CCCC(c4nnc5ccccn45)C3)c12. The number of nitrogens with zero attached hydrogens (tertiary/aromatic N) is 6. The summed E-state index contributed by atoms with van der Waals surface area (Å²) in [4.78, 5) is 15.2. The minimum absolute atomic E-state index is 0.0396. The van der Waals surface area contributed by atoms with Crippen LogP contribution in [0.4, 0.5) is 0 Å². The number of piperidine rings is 1. The number of hydrogen-bond donors (Lipinski definition) is 0. The summed E-state index contributed by atoms with van der Waals surface area (Å²) in [6, 6.07) is 9.83. The Labute approximate surface area is 156 Å². The number of amides is 1. The second-order valence-electron chi connectivity index (χ2n) is 7.12. The van der Waals surface area contributed by atoms with Gasteiger partial charge in [0.15, 0.2) is 5.65 Å². The zero-order valence-electron chi connectivity index (χ0n) is 15.1. The van der Waals surface area contributed by atoms with Crippen LogP contribution in [0.25, 0.3) is 11.2 Å². The lowest BCUT2D eigenvalue weighted by molar-refractivity contribution is 0.0706. The second-order valence-corrected chi connectivity index (χ2v) is 7.12. The smallest absolute Gasteiger partial charge is 0.257 e. The maximum absolute atomic E-state index is 13.2. The van der Waals surface area contributed by atoms with E-state index in [2.05, 4.69) is 15.3 Å². The molecule has 5 rings (SSSR count). The summed E-state index contributed by atoms with van der Waals surface area (Å²) in [7, 11) is 0. The van der Waals surface area contributed by atoms with Gasteiger partial charge in [-0.1, -0.05) is 12.1 Å². The van der Waals surface area contributed by atoms with Crippen molar-refractivity contribution in [2.45, 2.75) is 25.7 Å². The van der Waals surface area contributed by atoms with Gasteiger partial charge in [-0.25, -0.2) is 4.52 Å². The Kier molecular flexibility index (Phi) is 3.67. The van der Waals surface area contributed by atoms with Crippen molar-refractivity contribution in [3.8, 4) is 0 Å². The highest BCUT2D eigenvalue weighted by atomic mass is 16.2. The van der Waals surface area contributed by atoms with Gasteiger partial charge in [-0.05, 0) is 43.5 Å². The van der Waals surface area contributed by atoms with Crippen molar-refractivity contribution in [2.75, 3.05) is 13.1 Å². The number of rotatable bonds is 2. The van der Waals surface area contributed by atoms with Gasteiger partial charge >= 0.3 is 0 Å². The number of hydrogen-bond acceptors (Lipinski definition) is 4. The monoisotopic (exact) mass is 360 g/mol. The highest BCUT2D eigenvalue weighted by Crippen LogP contribution is 2.28. The summed E-state index contributed by atoms with van der Waals surface area (Å²) >= 11 is 0. The van der Waals surface area contributed by atoms with E-state index >= 15 is 0 Å². The zero-order chi connectivity index (χ0) is 18.4. The Bertz CT molecular complexity index is 1140. The van der Waals surface area contributed by atoms with Crippen molar-refractivity contribution in [1.82, 2.24) is 29.1 Å². The molecule has 5 heterocycles. The van der Waals surface area contributed by atoms with Gasteiger partial charge in [0, 0.05) is 31.4 Å². The van der Waals surface area contributed by atoms with Gasteiger partial charge in [-0.15, -0.1) is 10.2 Å². The normalized spacial score (nSPS) is 17.7. The molecule has 1 fully saturated rings. The van der Waals surface area contributed by atoms with Gasteiger partial charge in [0.05, 0.1) is 17.3 Å². The number of carbonyl (C=O) groups excluding carboxylic acids is 1. The highest BCUT2D eigenvalue weighted by Gasteiger charge is 2.29. The lowest BCUT2D eigenvalue weighted by Crippen LogP contribution is -2.39. The van der Waals surface area contributed by atoms with E-state index in [1.807, 2.05) is 58.9 Å². The van der Waals surface area contributed by atoms with E-state index in [1.54, 1.807) is 10.7 Å². The van der Waals surface area contributed by atoms with Crippen LogP contribution in [0.3, 0.4) is 0 Å². The number of aryl methyl sites for hydroxylation is 1. The Morgan fingerprint density at radius 3 is 3.00 bits per heavy atom. The molecule has 0 aliphatic carbocycles. The Morgan fingerprint density at radius 2 is 2.07 bits per heavy atom. The van der Waals surface area contributed by atoms with E-state index in [-0.39, 0.29) is 11.8 Å². The predicted molar refractivity (Wildman–Crippen MR) is 101 cm³/mol. The van der Waals surface area contributed by atoms with Crippen LogP contribution in [0.2, 0.25) is 0 Å². The van der Waals surface area contributed by atoms with Crippen molar-refractivity contribution < 1.29 is 4.79 Å². The van der Waals surface area contributed by atoms with Gasteiger partial charge in [0.1, 0.15) is 5.82 Å². The first kappa shape index (κ1) is 16.0. The molecule has 4 aromatic heterocycles. The Balaban J connectivity index is 1.46. The summed E-state index contributed by atoms with van der Waals surface area (Å²) in [5.74, 6) is 1.15. The average Bonchev–Trinajstić information content (AvgIpc) is 3.33. The topological polar surface area (TPSA) is 67.8 Å². The predicted octanol–water partition coefficient (Wildman–Crippen LogP) is 2.71. The fourth-order valence-electron chi connectivity index (χ4n) is 4.05. The van der Waals surface area contributed by atoms with Crippen molar-refractivity contribution in [2.24, 2.45) is 0 Å². The summed E-state index contributed by atoms with van der Waals surface area (Å²) in [6.45, 7) is 3.42. The van der Waals surface area contributed by atoms with Gasteiger partial charge in [-0.3, -0.25) is 9.20 Å². The molecule has 1 aliphatic heterocycles. The van der Waals surface area contributed by atoms with Crippen LogP contribution in [0.15, 0.2) is 48.9 Å². The van der Waals surface area contributed by atoms with Crippen molar-refractivity contribution in [3.63, 3.8) is 0 Å². The van der Waals surface area contributed by atoms with Crippen LogP contribution >= 0.6 is 0 Å². The molecule has 0 aromatic carbocycles. The van der Waals surface area contributed by atoms with Crippen molar-refractivity contribution >= 4 is 17.1 Å². The fourth-order valence-corrected chi connectivity index (χ4v) is 4.05. The van der Waals surface area contributed by atoms with E-state index in [0.29, 0.717) is 12.1 Å². The van der Waals surface area contributed by atoms with Gasteiger partial charge in [0.2, 0.25) is 0 Å². The molecule has 27 heavy (non-hydrogen) atoms. The van der Waals surface area contributed by atoms with Gasteiger partial charge < -0.3 is 4.90 Å². The fraction of sp³-hybridized carbons (Fsp3) is 0.300. The van der Waals surface area contributed by atoms with Crippen LogP contribution in [0.5, 0.6) is 0 Å². The number of pyridine rings is 2. The summed E-state index contributed by atoms with van der Waals surface area (Å²) < 4.78 is 3.80. The van der Waals surface area contributed by atoms with E-state index in [4.69, 9.17) is 0 Å². The molecule has 0 radical (unpaired) electrons.